The van der Waals surface area contributed by atoms with Crippen LogP contribution in [0.25, 0.3) is 0 Å². The average molecular weight is 373 g/mol. The Labute approximate surface area is 154 Å². The summed E-state index contributed by atoms with van der Waals surface area (Å²) in [5.41, 5.74) is 4.19. The lowest BCUT2D eigenvalue weighted by atomic mass is 10.0. The predicted octanol–water partition coefficient (Wildman–Crippen LogP) is 2.57. The Morgan fingerprint density at radius 1 is 1.08 bits per heavy atom. The van der Waals surface area contributed by atoms with E-state index < -0.39 is 16.0 Å². The fraction of sp³-hybridized carbons (Fsp3) is 0.350. The first kappa shape index (κ1) is 18.6. The number of aliphatic carboxylic acids is 1. The molecule has 2 aromatic rings. The molecule has 6 heteroatoms. The highest BCUT2D eigenvalue weighted by Crippen LogP contribution is 2.28. The SMILES string of the molecule is CCc1ccc(S(=O)(=O)NCC2Cc3ccc(CC(=O)O)cc3C2)cc1. The van der Waals surface area contributed by atoms with Gasteiger partial charge in [0.1, 0.15) is 0 Å². The summed E-state index contributed by atoms with van der Waals surface area (Å²) in [5, 5.41) is 8.91. The smallest absolute Gasteiger partial charge is 0.307 e. The van der Waals surface area contributed by atoms with Crippen molar-refractivity contribution in [2.45, 2.75) is 37.5 Å². The molecule has 0 heterocycles. The maximum Gasteiger partial charge on any atom is 0.307 e. The normalized spacial score (nSPS) is 16.4. The van der Waals surface area contributed by atoms with Crippen LogP contribution in [0, 0.1) is 5.92 Å². The van der Waals surface area contributed by atoms with E-state index in [1.807, 2.05) is 37.3 Å². The van der Waals surface area contributed by atoms with Gasteiger partial charge in [0, 0.05) is 6.54 Å². The first-order chi connectivity index (χ1) is 12.4. The molecule has 0 amide bonds. The van der Waals surface area contributed by atoms with Crippen LogP contribution < -0.4 is 4.72 Å². The number of sulfonamides is 1. The summed E-state index contributed by atoms with van der Waals surface area (Å²) < 4.78 is 27.6. The minimum atomic E-state index is -3.51. The van der Waals surface area contributed by atoms with E-state index in [9.17, 15) is 13.2 Å². The van der Waals surface area contributed by atoms with E-state index in [2.05, 4.69) is 4.72 Å². The second-order valence-corrected chi connectivity index (χ2v) is 8.56. The molecule has 2 N–H and O–H groups in total. The maximum absolute atomic E-state index is 12.5. The van der Waals surface area contributed by atoms with Gasteiger partial charge in [0.15, 0.2) is 0 Å². The number of nitrogens with one attached hydrogen (secondary N) is 1. The Kier molecular flexibility index (Phi) is 5.44. The fourth-order valence-electron chi connectivity index (χ4n) is 3.41. The van der Waals surface area contributed by atoms with Gasteiger partial charge in [-0.1, -0.05) is 37.3 Å². The topological polar surface area (TPSA) is 83.5 Å². The standard InChI is InChI=1S/C20H23NO4S/c1-2-14-4-7-19(8-5-14)26(24,25)21-13-16-10-17-6-3-15(12-20(22)23)9-18(17)11-16/h3-9,16,21H,2,10-13H2,1H3,(H,22,23). The summed E-state index contributed by atoms with van der Waals surface area (Å²) >= 11 is 0. The molecular formula is C20H23NO4S. The van der Waals surface area contributed by atoms with Crippen molar-refractivity contribution in [2.24, 2.45) is 5.92 Å². The molecule has 26 heavy (non-hydrogen) atoms. The van der Waals surface area contributed by atoms with Gasteiger partial charge in [-0.3, -0.25) is 4.79 Å². The van der Waals surface area contributed by atoms with Gasteiger partial charge in [-0.2, -0.15) is 0 Å². The van der Waals surface area contributed by atoms with E-state index >= 15 is 0 Å². The van der Waals surface area contributed by atoms with Gasteiger partial charge in [0.05, 0.1) is 11.3 Å². The molecule has 1 aliphatic carbocycles. The number of benzene rings is 2. The van der Waals surface area contributed by atoms with E-state index in [1.54, 1.807) is 12.1 Å². The van der Waals surface area contributed by atoms with Crippen LogP contribution >= 0.6 is 0 Å². The van der Waals surface area contributed by atoms with Crippen LogP contribution in [0.2, 0.25) is 0 Å². The minimum absolute atomic E-state index is 0.0122. The van der Waals surface area contributed by atoms with Crippen molar-refractivity contribution in [3.05, 3.63) is 64.7 Å². The van der Waals surface area contributed by atoms with E-state index in [-0.39, 0.29) is 17.2 Å². The predicted molar refractivity (Wildman–Crippen MR) is 99.7 cm³/mol. The molecule has 0 saturated carbocycles. The first-order valence-electron chi connectivity index (χ1n) is 8.78. The summed E-state index contributed by atoms with van der Waals surface area (Å²) in [7, 11) is -3.51. The maximum atomic E-state index is 12.5. The lowest BCUT2D eigenvalue weighted by Gasteiger charge is -2.11. The first-order valence-corrected chi connectivity index (χ1v) is 10.3. The van der Waals surface area contributed by atoms with Crippen molar-refractivity contribution in [3.63, 3.8) is 0 Å². The van der Waals surface area contributed by atoms with Crippen LogP contribution in [0.1, 0.15) is 29.2 Å². The Hall–Kier alpha value is -2.18. The molecule has 2 aromatic carbocycles. The van der Waals surface area contributed by atoms with Crippen molar-refractivity contribution >= 4 is 16.0 Å². The summed E-state index contributed by atoms with van der Waals surface area (Å²) in [6.07, 6.45) is 2.45. The van der Waals surface area contributed by atoms with Gasteiger partial charge in [-0.25, -0.2) is 13.1 Å². The zero-order valence-electron chi connectivity index (χ0n) is 14.7. The number of fused-ring (bicyclic) bond motifs is 1. The van der Waals surface area contributed by atoms with Gasteiger partial charge in [-0.15, -0.1) is 0 Å². The third-order valence-corrected chi connectivity index (χ3v) is 6.29. The zero-order chi connectivity index (χ0) is 18.7. The van der Waals surface area contributed by atoms with Crippen LogP contribution in [0.5, 0.6) is 0 Å². The number of hydrogen-bond acceptors (Lipinski definition) is 3. The van der Waals surface area contributed by atoms with Crippen molar-refractivity contribution in [3.8, 4) is 0 Å². The molecule has 138 valence electrons. The molecule has 0 bridgehead atoms. The third kappa shape index (κ3) is 4.31. The Balaban J connectivity index is 1.62. The van der Waals surface area contributed by atoms with Gasteiger partial charge < -0.3 is 5.11 Å². The Morgan fingerprint density at radius 3 is 2.38 bits per heavy atom. The van der Waals surface area contributed by atoms with Gasteiger partial charge in [0.25, 0.3) is 0 Å². The van der Waals surface area contributed by atoms with Crippen LogP contribution in [-0.4, -0.2) is 26.0 Å². The Bertz CT molecular complexity index is 904. The molecule has 1 aliphatic rings. The van der Waals surface area contributed by atoms with Crippen LogP contribution in [-0.2, 0) is 40.5 Å². The summed E-state index contributed by atoms with van der Waals surface area (Å²) in [6, 6.07) is 12.7. The van der Waals surface area contributed by atoms with Crippen molar-refractivity contribution < 1.29 is 18.3 Å². The fourth-order valence-corrected chi connectivity index (χ4v) is 4.52. The molecule has 1 unspecified atom stereocenters. The largest absolute Gasteiger partial charge is 0.481 e. The Morgan fingerprint density at radius 2 is 1.73 bits per heavy atom. The number of carboxylic acid groups (broad SMARTS) is 1. The molecule has 5 nitrogen and oxygen atoms in total. The minimum Gasteiger partial charge on any atom is -0.481 e. The van der Waals surface area contributed by atoms with Crippen molar-refractivity contribution in [1.29, 1.82) is 0 Å². The molecule has 0 aliphatic heterocycles. The molecule has 0 radical (unpaired) electrons. The highest BCUT2D eigenvalue weighted by Gasteiger charge is 2.24. The number of rotatable bonds is 7. The molecule has 0 saturated heterocycles. The number of carboxylic acids is 1. The number of aryl methyl sites for hydroxylation is 1. The molecule has 0 aromatic heterocycles. The van der Waals surface area contributed by atoms with Gasteiger partial charge in [0.2, 0.25) is 10.0 Å². The molecule has 0 spiro atoms. The zero-order valence-corrected chi connectivity index (χ0v) is 15.6. The van der Waals surface area contributed by atoms with E-state index in [1.165, 1.54) is 5.56 Å². The molecule has 0 fully saturated rings. The molecular weight excluding hydrogens is 350 g/mol. The van der Waals surface area contributed by atoms with Crippen LogP contribution in [0.4, 0.5) is 0 Å². The lowest BCUT2D eigenvalue weighted by Crippen LogP contribution is -2.29. The number of carbonyl (C=O) groups is 1. The second kappa shape index (κ2) is 7.60. The van der Waals surface area contributed by atoms with Gasteiger partial charge >= 0.3 is 5.97 Å². The van der Waals surface area contributed by atoms with Crippen molar-refractivity contribution in [1.82, 2.24) is 4.72 Å². The lowest BCUT2D eigenvalue weighted by molar-refractivity contribution is -0.136. The average Bonchev–Trinajstić information content (AvgIpc) is 3.02. The van der Waals surface area contributed by atoms with Crippen molar-refractivity contribution in [2.75, 3.05) is 6.54 Å². The molecule has 1 atom stereocenters. The molecule has 3 rings (SSSR count). The van der Waals surface area contributed by atoms with E-state index in [0.717, 1.165) is 36.0 Å². The highest BCUT2D eigenvalue weighted by molar-refractivity contribution is 7.89. The number of hydrogen-bond donors (Lipinski definition) is 2. The van der Waals surface area contributed by atoms with E-state index in [0.29, 0.717) is 6.54 Å². The van der Waals surface area contributed by atoms with Crippen LogP contribution in [0.15, 0.2) is 47.4 Å². The summed E-state index contributed by atoms with van der Waals surface area (Å²) in [6.45, 7) is 2.40. The second-order valence-electron chi connectivity index (χ2n) is 6.80. The highest BCUT2D eigenvalue weighted by atomic mass is 32.2. The van der Waals surface area contributed by atoms with Gasteiger partial charge in [-0.05, 0) is 59.6 Å². The summed E-state index contributed by atoms with van der Waals surface area (Å²) in [5.74, 6) is -0.656. The van der Waals surface area contributed by atoms with E-state index in [4.69, 9.17) is 5.11 Å². The monoisotopic (exact) mass is 373 g/mol. The third-order valence-electron chi connectivity index (χ3n) is 4.85. The van der Waals surface area contributed by atoms with Crippen LogP contribution in [0.3, 0.4) is 0 Å². The summed E-state index contributed by atoms with van der Waals surface area (Å²) in [4.78, 5) is 11.1. The quantitative estimate of drug-likeness (QED) is 0.781.